The fraction of sp³-hybridized carbons (Fsp3) is 0.304. The fourth-order valence-corrected chi connectivity index (χ4v) is 3.95. The van der Waals surface area contributed by atoms with Crippen LogP contribution in [0, 0.1) is 5.82 Å². The summed E-state index contributed by atoms with van der Waals surface area (Å²) in [6.45, 7) is 1.04. The van der Waals surface area contributed by atoms with Crippen molar-refractivity contribution in [3.8, 4) is 5.75 Å². The normalized spacial score (nSPS) is 18.1. The Morgan fingerprint density at radius 2 is 1.97 bits per heavy atom. The van der Waals surface area contributed by atoms with Crippen LogP contribution >= 0.6 is 11.6 Å². The van der Waals surface area contributed by atoms with E-state index in [-0.39, 0.29) is 22.7 Å². The average molecular weight is 447 g/mol. The number of hydrogen-bond donors (Lipinski definition) is 1. The monoisotopic (exact) mass is 446 g/mol. The number of ether oxygens (including phenoxy) is 1. The molecule has 1 heterocycles. The largest absolute Gasteiger partial charge is 0.872 e. The lowest BCUT2D eigenvalue weighted by atomic mass is 9.95. The molecular weight excluding hydrogens is 423 g/mol. The number of nitrogens with zero attached hydrogens (tertiary/aromatic N) is 1. The van der Waals surface area contributed by atoms with E-state index in [1.165, 1.54) is 53.3 Å². The molecule has 31 heavy (non-hydrogen) atoms. The first-order chi connectivity index (χ1) is 14.7. The smallest absolute Gasteiger partial charge is 0.295 e. The molecule has 1 fully saturated rings. The third-order valence-corrected chi connectivity index (χ3v) is 5.48. The predicted octanol–water partition coefficient (Wildman–Crippen LogP) is 1.25. The molecule has 0 saturated carbocycles. The van der Waals surface area contributed by atoms with Gasteiger partial charge in [0, 0.05) is 18.5 Å². The second-order valence-corrected chi connectivity index (χ2v) is 8.10. The van der Waals surface area contributed by atoms with Crippen molar-refractivity contribution in [2.45, 2.75) is 12.5 Å². The third kappa shape index (κ3) is 4.73. The van der Waals surface area contributed by atoms with Gasteiger partial charge in [-0.15, -0.1) is 0 Å². The quantitative estimate of drug-likeness (QED) is 0.394. The van der Waals surface area contributed by atoms with Gasteiger partial charge in [0.15, 0.2) is 0 Å². The summed E-state index contributed by atoms with van der Waals surface area (Å²) >= 11 is 6.15. The van der Waals surface area contributed by atoms with E-state index in [4.69, 9.17) is 16.3 Å². The molecule has 1 unspecified atom stereocenters. The van der Waals surface area contributed by atoms with Gasteiger partial charge < -0.3 is 19.6 Å². The van der Waals surface area contributed by atoms with Gasteiger partial charge in [-0.1, -0.05) is 35.6 Å². The molecule has 1 saturated heterocycles. The van der Waals surface area contributed by atoms with Crippen LogP contribution in [-0.4, -0.2) is 50.9 Å². The third-order valence-electron chi connectivity index (χ3n) is 5.18. The SMILES string of the molecule is COc1ccc(/C([O-])=C2\C(=O)C(=O)N(CCC[NH+](C)C)C2c2cccc(F)c2)cc1Cl. The first kappa shape index (κ1) is 22.8. The molecule has 0 bridgehead atoms. The number of nitrogens with one attached hydrogen (secondary N) is 1. The minimum atomic E-state index is -0.957. The van der Waals surface area contributed by atoms with Gasteiger partial charge in [0.1, 0.15) is 11.6 Å². The number of halogens is 2. The maximum Gasteiger partial charge on any atom is 0.295 e. The highest BCUT2D eigenvalue weighted by molar-refractivity contribution is 6.46. The molecule has 1 aliphatic rings. The molecule has 2 aromatic rings. The molecule has 2 aromatic carbocycles. The number of rotatable bonds is 7. The highest BCUT2D eigenvalue weighted by Gasteiger charge is 2.44. The molecule has 1 amide bonds. The van der Waals surface area contributed by atoms with E-state index in [1.54, 1.807) is 6.07 Å². The molecule has 1 atom stereocenters. The van der Waals surface area contributed by atoms with E-state index in [0.29, 0.717) is 17.7 Å². The maximum absolute atomic E-state index is 14.0. The van der Waals surface area contributed by atoms with E-state index in [1.807, 2.05) is 14.1 Å². The summed E-state index contributed by atoms with van der Waals surface area (Å²) in [5.74, 6) is -2.37. The van der Waals surface area contributed by atoms with Crippen LogP contribution in [0.4, 0.5) is 4.39 Å². The zero-order valence-electron chi connectivity index (χ0n) is 17.6. The van der Waals surface area contributed by atoms with Crippen molar-refractivity contribution in [2.75, 3.05) is 34.3 Å². The van der Waals surface area contributed by atoms with Gasteiger partial charge in [0.05, 0.1) is 38.8 Å². The van der Waals surface area contributed by atoms with Gasteiger partial charge in [-0.3, -0.25) is 9.59 Å². The van der Waals surface area contributed by atoms with Crippen molar-refractivity contribution in [2.24, 2.45) is 0 Å². The van der Waals surface area contributed by atoms with Crippen LogP contribution in [0.25, 0.3) is 5.76 Å². The molecule has 8 heteroatoms. The van der Waals surface area contributed by atoms with Crippen molar-refractivity contribution in [1.82, 2.24) is 4.90 Å². The predicted molar refractivity (Wildman–Crippen MR) is 113 cm³/mol. The van der Waals surface area contributed by atoms with Crippen LogP contribution in [0.15, 0.2) is 48.0 Å². The van der Waals surface area contributed by atoms with Gasteiger partial charge in [-0.05, 0) is 35.4 Å². The van der Waals surface area contributed by atoms with E-state index in [2.05, 4.69) is 0 Å². The molecule has 1 aliphatic heterocycles. The number of ketones is 1. The number of benzene rings is 2. The Balaban J connectivity index is 2.11. The molecular formula is C23H24ClFN2O4. The van der Waals surface area contributed by atoms with Gasteiger partial charge in [0.2, 0.25) is 5.78 Å². The number of Topliss-reactive ketones (excluding diaryl/α,β-unsaturated/α-hetero) is 1. The lowest BCUT2D eigenvalue weighted by molar-refractivity contribution is -0.858. The minimum absolute atomic E-state index is 0.155. The summed E-state index contributed by atoms with van der Waals surface area (Å²) in [5, 5.41) is 13.5. The minimum Gasteiger partial charge on any atom is -0.872 e. The van der Waals surface area contributed by atoms with Crippen molar-refractivity contribution >= 4 is 29.1 Å². The number of carbonyl (C=O) groups excluding carboxylic acids is 2. The summed E-state index contributed by atoms with van der Waals surface area (Å²) in [7, 11) is 5.41. The van der Waals surface area contributed by atoms with Gasteiger partial charge >= 0.3 is 0 Å². The molecule has 6 nitrogen and oxygen atoms in total. The Labute approximate surface area is 185 Å². The van der Waals surface area contributed by atoms with Crippen LogP contribution in [0.1, 0.15) is 23.6 Å². The Bertz CT molecular complexity index is 1040. The second-order valence-electron chi connectivity index (χ2n) is 7.69. The van der Waals surface area contributed by atoms with Crippen LogP contribution in [-0.2, 0) is 9.59 Å². The lowest BCUT2D eigenvalue weighted by Gasteiger charge is -2.27. The molecule has 164 valence electrons. The highest BCUT2D eigenvalue weighted by Crippen LogP contribution is 2.39. The van der Waals surface area contributed by atoms with E-state index in [0.717, 1.165) is 6.54 Å². The van der Waals surface area contributed by atoms with Crippen LogP contribution in [0.3, 0.4) is 0 Å². The summed E-state index contributed by atoms with van der Waals surface area (Å²) in [5.41, 5.74) is 0.330. The number of methoxy groups -OCH3 is 1. The highest BCUT2D eigenvalue weighted by atomic mass is 35.5. The Morgan fingerprint density at radius 1 is 1.23 bits per heavy atom. The molecule has 0 spiro atoms. The van der Waals surface area contributed by atoms with Crippen molar-refractivity contribution in [1.29, 1.82) is 0 Å². The lowest BCUT2D eigenvalue weighted by Crippen LogP contribution is -3.05. The average Bonchev–Trinajstić information content (AvgIpc) is 2.98. The summed E-state index contributed by atoms with van der Waals surface area (Å²) in [6, 6.07) is 9.06. The molecule has 3 rings (SSSR count). The van der Waals surface area contributed by atoms with Crippen LogP contribution < -0.4 is 14.7 Å². The molecule has 0 radical (unpaired) electrons. The van der Waals surface area contributed by atoms with Crippen molar-refractivity contribution in [3.63, 3.8) is 0 Å². The fourth-order valence-electron chi connectivity index (χ4n) is 3.69. The van der Waals surface area contributed by atoms with E-state index >= 15 is 0 Å². The van der Waals surface area contributed by atoms with Crippen molar-refractivity contribution in [3.05, 3.63) is 70.0 Å². The maximum atomic E-state index is 14.0. The van der Waals surface area contributed by atoms with E-state index < -0.39 is 29.3 Å². The Morgan fingerprint density at radius 3 is 2.58 bits per heavy atom. The number of hydrogen-bond acceptors (Lipinski definition) is 4. The standard InChI is InChI=1S/C23H24ClFN2O4/c1-26(2)10-5-11-27-20(14-6-4-7-16(25)12-14)19(22(29)23(27)30)21(28)15-8-9-18(31-3)17(24)13-15/h4,6-9,12-13,20,28H,5,10-11H2,1-3H3/b21-19+. The van der Waals surface area contributed by atoms with E-state index in [9.17, 15) is 19.1 Å². The Kier molecular flexibility index (Phi) is 6.97. The summed E-state index contributed by atoms with van der Waals surface area (Å²) < 4.78 is 19.1. The molecule has 0 aromatic heterocycles. The molecule has 0 aliphatic carbocycles. The Hall–Kier alpha value is -2.90. The van der Waals surface area contributed by atoms with Gasteiger partial charge in [0.25, 0.3) is 5.91 Å². The number of likely N-dealkylation sites (tertiary alicyclic amines) is 1. The van der Waals surface area contributed by atoms with Crippen molar-refractivity contribution < 1.29 is 28.7 Å². The number of carbonyl (C=O) groups is 2. The van der Waals surface area contributed by atoms with Gasteiger partial charge in [-0.25, -0.2) is 4.39 Å². The van der Waals surface area contributed by atoms with Crippen LogP contribution in [0.2, 0.25) is 5.02 Å². The number of quaternary nitrogens is 1. The first-order valence-electron chi connectivity index (χ1n) is 9.89. The summed E-state index contributed by atoms with van der Waals surface area (Å²) in [6.07, 6.45) is 0.628. The topological polar surface area (TPSA) is 74.1 Å². The molecule has 1 N–H and O–H groups in total. The first-order valence-corrected chi connectivity index (χ1v) is 10.3. The summed E-state index contributed by atoms with van der Waals surface area (Å²) in [4.78, 5) is 28.3. The zero-order valence-corrected chi connectivity index (χ0v) is 18.3. The second kappa shape index (κ2) is 9.49. The van der Waals surface area contributed by atoms with Crippen LogP contribution in [0.5, 0.6) is 5.75 Å². The van der Waals surface area contributed by atoms with Gasteiger partial charge in [-0.2, -0.15) is 0 Å². The zero-order chi connectivity index (χ0) is 22.7. The number of amides is 1.